The maximum Gasteiger partial charge on any atom is 0.175 e. The van der Waals surface area contributed by atoms with Crippen LogP contribution in [0.25, 0.3) is 0 Å². The first kappa shape index (κ1) is 11.0. The van der Waals surface area contributed by atoms with E-state index in [1.165, 1.54) is 0 Å². The summed E-state index contributed by atoms with van der Waals surface area (Å²) in [5.41, 5.74) is 2.85. The van der Waals surface area contributed by atoms with Crippen molar-refractivity contribution in [2.24, 2.45) is 0 Å². The Morgan fingerprint density at radius 2 is 2.33 bits per heavy atom. The van der Waals surface area contributed by atoms with E-state index in [0.717, 1.165) is 17.8 Å². The third kappa shape index (κ3) is 1.70. The van der Waals surface area contributed by atoms with Gasteiger partial charge in [0.2, 0.25) is 0 Å². The number of nitrogens with zero attached hydrogens (tertiary/aromatic N) is 2. The average molecular weight is 241 g/mol. The minimum atomic E-state index is -0.0873. The average Bonchev–Trinajstić information content (AvgIpc) is 3.04. The van der Waals surface area contributed by atoms with Crippen molar-refractivity contribution >= 4 is 11.5 Å². The molecule has 2 heterocycles. The second-order valence-corrected chi connectivity index (χ2v) is 4.47. The van der Waals surface area contributed by atoms with Crippen LogP contribution in [0.3, 0.4) is 0 Å². The molecule has 0 amide bonds. The Morgan fingerprint density at radius 1 is 1.50 bits per heavy atom. The quantitative estimate of drug-likeness (QED) is 0.839. The molecule has 1 aromatic heterocycles. The molecule has 0 bridgehead atoms. The SMILES string of the molecule is CCn1cc(C(=O)C2CNc3ccccc32)cn1. The van der Waals surface area contributed by atoms with Crippen LogP contribution < -0.4 is 5.32 Å². The zero-order chi connectivity index (χ0) is 12.5. The van der Waals surface area contributed by atoms with Crippen LogP contribution in [0.15, 0.2) is 36.7 Å². The maximum atomic E-state index is 12.4. The number of nitrogens with one attached hydrogen (secondary N) is 1. The summed E-state index contributed by atoms with van der Waals surface area (Å²) in [6, 6.07) is 7.98. The van der Waals surface area contributed by atoms with Crippen molar-refractivity contribution in [1.29, 1.82) is 0 Å². The van der Waals surface area contributed by atoms with Gasteiger partial charge in [0.15, 0.2) is 5.78 Å². The predicted octanol–water partition coefficient (Wildman–Crippen LogP) is 2.29. The number of para-hydroxylation sites is 1. The monoisotopic (exact) mass is 241 g/mol. The van der Waals surface area contributed by atoms with Crippen molar-refractivity contribution in [2.45, 2.75) is 19.4 Å². The highest BCUT2D eigenvalue weighted by molar-refractivity contribution is 6.02. The number of hydrogen-bond acceptors (Lipinski definition) is 3. The van der Waals surface area contributed by atoms with Gasteiger partial charge in [-0.25, -0.2) is 0 Å². The Bertz CT molecular complexity index is 588. The number of rotatable bonds is 3. The van der Waals surface area contributed by atoms with E-state index in [1.54, 1.807) is 10.9 Å². The number of Topliss-reactive ketones (excluding diaryl/α,β-unsaturated/α-hetero) is 1. The number of anilines is 1. The molecule has 0 radical (unpaired) electrons. The molecule has 4 heteroatoms. The van der Waals surface area contributed by atoms with E-state index in [4.69, 9.17) is 0 Å². The predicted molar refractivity (Wildman–Crippen MR) is 69.9 cm³/mol. The summed E-state index contributed by atoms with van der Waals surface area (Å²) >= 11 is 0. The number of carbonyl (C=O) groups excluding carboxylic acids is 1. The first-order valence-corrected chi connectivity index (χ1v) is 6.19. The highest BCUT2D eigenvalue weighted by Gasteiger charge is 2.29. The van der Waals surface area contributed by atoms with Crippen molar-refractivity contribution in [1.82, 2.24) is 9.78 Å². The lowest BCUT2D eigenvalue weighted by Gasteiger charge is -2.06. The minimum Gasteiger partial charge on any atom is -0.384 e. The Balaban J connectivity index is 1.90. The summed E-state index contributed by atoms with van der Waals surface area (Å²) in [4.78, 5) is 12.4. The molecule has 0 fully saturated rings. The number of ketones is 1. The molecule has 1 unspecified atom stereocenters. The number of benzene rings is 1. The smallest absolute Gasteiger partial charge is 0.175 e. The number of hydrogen-bond donors (Lipinski definition) is 1. The molecule has 1 aliphatic rings. The lowest BCUT2D eigenvalue weighted by molar-refractivity contribution is 0.0966. The van der Waals surface area contributed by atoms with E-state index < -0.39 is 0 Å². The molecule has 0 saturated carbocycles. The molecule has 0 aliphatic carbocycles. The van der Waals surface area contributed by atoms with Gasteiger partial charge in [0, 0.05) is 25.0 Å². The van der Waals surface area contributed by atoms with E-state index in [9.17, 15) is 4.79 Å². The fourth-order valence-electron chi connectivity index (χ4n) is 2.38. The largest absolute Gasteiger partial charge is 0.384 e. The third-order valence-corrected chi connectivity index (χ3v) is 3.39. The molecule has 1 atom stereocenters. The highest BCUT2D eigenvalue weighted by atomic mass is 16.1. The number of aryl methyl sites for hydroxylation is 1. The fraction of sp³-hybridized carbons (Fsp3) is 0.286. The maximum absolute atomic E-state index is 12.4. The second kappa shape index (κ2) is 4.29. The van der Waals surface area contributed by atoms with Gasteiger partial charge < -0.3 is 5.32 Å². The van der Waals surface area contributed by atoms with Gasteiger partial charge in [-0.15, -0.1) is 0 Å². The summed E-state index contributed by atoms with van der Waals surface area (Å²) in [6.45, 7) is 3.47. The van der Waals surface area contributed by atoms with Gasteiger partial charge in [0.05, 0.1) is 17.7 Å². The van der Waals surface area contributed by atoms with Gasteiger partial charge in [-0.2, -0.15) is 5.10 Å². The van der Waals surface area contributed by atoms with Crippen molar-refractivity contribution < 1.29 is 4.79 Å². The molecule has 18 heavy (non-hydrogen) atoms. The molecule has 92 valence electrons. The molecule has 1 aliphatic heterocycles. The minimum absolute atomic E-state index is 0.0873. The highest BCUT2D eigenvalue weighted by Crippen LogP contribution is 2.33. The van der Waals surface area contributed by atoms with Crippen LogP contribution in [0.1, 0.15) is 28.8 Å². The van der Waals surface area contributed by atoms with Gasteiger partial charge in [-0.3, -0.25) is 9.48 Å². The molecule has 1 aromatic carbocycles. The molecule has 0 saturated heterocycles. The Kier molecular flexibility index (Phi) is 2.63. The van der Waals surface area contributed by atoms with Crippen LogP contribution in [-0.4, -0.2) is 22.1 Å². The fourth-order valence-corrected chi connectivity index (χ4v) is 2.38. The molecule has 4 nitrogen and oxygen atoms in total. The molecule has 3 rings (SSSR count). The van der Waals surface area contributed by atoms with Gasteiger partial charge in [0.25, 0.3) is 0 Å². The van der Waals surface area contributed by atoms with Gasteiger partial charge >= 0.3 is 0 Å². The van der Waals surface area contributed by atoms with Crippen LogP contribution in [0.4, 0.5) is 5.69 Å². The van der Waals surface area contributed by atoms with Crippen LogP contribution >= 0.6 is 0 Å². The van der Waals surface area contributed by atoms with Crippen LogP contribution in [0.2, 0.25) is 0 Å². The molecular weight excluding hydrogens is 226 g/mol. The summed E-state index contributed by atoms with van der Waals surface area (Å²) in [7, 11) is 0. The summed E-state index contributed by atoms with van der Waals surface area (Å²) < 4.78 is 1.78. The number of fused-ring (bicyclic) bond motifs is 1. The standard InChI is InChI=1S/C14H15N3O/c1-2-17-9-10(7-16-17)14(18)12-8-15-13-6-4-3-5-11(12)13/h3-7,9,12,15H,2,8H2,1H3. The second-order valence-electron chi connectivity index (χ2n) is 4.47. The molecular formula is C14H15N3O. The topological polar surface area (TPSA) is 46.9 Å². The Hall–Kier alpha value is -2.10. The van der Waals surface area contributed by atoms with Gasteiger partial charge in [-0.05, 0) is 18.6 Å². The summed E-state index contributed by atoms with van der Waals surface area (Å²) in [5, 5.41) is 7.43. The Labute approximate surface area is 106 Å². The summed E-state index contributed by atoms with van der Waals surface area (Å²) in [6.07, 6.45) is 3.48. The molecule has 0 spiro atoms. The first-order valence-electron chi connectivity index (χ1n) is 6.19. The van der Waals surface area contributed by atoms with Crippen molar-refractivity contribution in [3.63, 3.8) is 0 Å². The van der Waals surface area contributed by atoms with E-state index in [2.05, 4.69) is 10.4 Å². The van der Waals surface area contributed by atoms with Crippen molar-refractivity contribution in [3.8, 4) is 0 Å². The van der Waals surface area contributed by atoms with Crippen molar-refractivity contribution in [3.05, 3.63) is 47.8 Å². The van der Waals surface area contributed by atoms with Gasteiger partial charge in [0.1, 0.15) is 0 Å². The van der Waals surface area contributed by atoms with Crippen LogP contribution in [0, 0.1) is 0 Å². The van der Waals surface area contributed by atoms with E-state index >= 15 is 0 Å². The lowest BCUT2D eigenvalue weighted by atomic mass is 9.94. The van der Waals surface area contributed by atoms with E-state index in [-0.39, 0.29) is 11.7 Å². The third-order valence-electron chi connectivity index (χ3n) is 3.39. The number of carbonyl (C=O) groups is 1. The van der Waals surface area contributed by atoms with Gasteiger partial charge in [-0.1, -0.05) is 18.2 Å². The van der Waals surface area contributed by atoms with E-state index in [0.29, 0.717) is 12.1 Å². The number of aromatic nitrogens is 2. The normalized spacial score (nSPS) is 17.3. The lowest BCUT2D eigenvalue weighted by Crippen LogP contribution is -2.14. The van der Waals surface area contributed by atoms with Crippen molar-refractivity contribution in [2.75, 3.05) is 11.9 Å². The molecule has 1 N–H and O–H groups in total. The van der Waals surface area contributed by atoms with Crippen LogP contribution in [0.5, 0.6) is 0 Å². The van der Waals surface area contributed by atoms with E-state index in [1.807, 2.05) is 37.4 Å². The Morgan fingerprint density at radius 3 is 3.11 bits per heavy atom. The van der Waals surface area contributed by atoms with Crippen LogP contribution in [-0.2, 0) is 6.54 Å². The first-order chi connectivity index (χ1) is 8.79. The zero-order valence-electron chi connectivity index (χ0n) is 10.3. The summed E-state index contributed by atoms with van der Waals surface area (Å²) in [5.74, 6) is 0.0582. The molecule has 2 aromatic rings. The zero-order valence-corrected chi connectivity index (χ0v) is 10.3.